The van der Waals surface area contributed by atoms with Crippen molar-refractivity contribution < 1.29 is 29.3 Å². The van der Waals surface area contributed by atoms with E-state index in [1.807, 2.05) is 0 Å². The summed E-state index contributed by atoms with van der Waals surface area (Å²) in [6.07, 6.45) is 0.273. The molecule has 2 unspecified atom stereocenters. The van der Waals surface area contributed by atoms with Gasteiger partial charge in [0.15, 0.2) is 0 Å². The van der Waals surface area contributed by atoms with Gasteiger partial charge in [0.1, 0.15) is 18.4 Å². The van der Waals surface area contributed by atoms with Crippen LogP contribution in [0.2, 0.25) is 10.0 Å². The van der Waals surface area contributed by atoms with Crippen molar-refractivity contribution in [3.8, 4) is 5.75 Å². The van der Waals surface area contributed by atoms with E-state index in [0.29, 0.717) is 26.9 Å². The van der Waals surface area contributed by atoms with Crippen molar-refractivity contribution in [2.45, 2.75) is 39.3 Å². The number of nitrogens with one attached hydrogen (secondary N) is 1. The third-order valence-electron chi connectivity index (χ3n) is 6.30. The molecule has 0 spiro atoms. The molecule has 1 aliphatic carbocycles. The van der Waals surface area contributed by atoms with E-state index in [-0.39, 0.29) is 19.4 Å². The summed E-state index contributed by atoms with van der Waals surface area (Å²) in [5.74, 6) is -3.16. The Kier molecular flexibility index (Phi) is 7.55. The number of carboxylic acids is 2. The molecule has 3 atom stereocenters. The number of carbonyl (C=O) groups excluding carboxylic acids is 1. The summed E-state index contributed by atoms with van der Waals surface area (Å²) in [5, 5.41) is 22.4. The van der Waals surface area contributed by atoms with Crippen LogP contribution in [0.1, 0.15) is 31.4 Å². The second kappa shape index (κ2) is 10.0. The largest absolute Gasteiger partial charge is 0.489 e. The normalized spacial score (nSPS) is 19.8. The lowest BCUT2D eigenvalue weighted by Crippen LogP contribution is -2.57. The number of carboxylic acid groups (broad SMARTS) is 2. The molecule has 33 heavy (non-hydrogen) atoms. The van der Waals surface area contributed by atoms with E-state index in [1.165, 1.54) is 0 Å². The van der Waals surface area contributed by atoms with Gasteiger partial charge in [0.05, 0.1) is 5.92 Å². The summed E-state index contributed by atoms with van der Waals surface area (Å²) in [7, 11) is 0. The van der Waals surface area contributed by atoms with Gasteiger partial charge in [0.25, 0.3) is 0 Å². The van der Waals surface area contributed by atoms with Crippen LogP contribution in [0.5, 0.6) is 5.75 Å². The van der Waals surface area contributed by atoms with Crippen molar-refractivity contribution in [2.75, 3.05) is 0 Å². The second-order valence-corrected chi connectivity index (χ2v) is 9.55. The minimum absolute atomic E-state index is 0.0766. The Morgan fingerprint density at radius 2 is 1.67 bits per heavy atom. The number of ether oxygens (including phenoxy) is 1. The van der Waals surface area contributed by atoms with Crippen molar-refractivity contribution in [1.82, 2.24) is 5.32 Å². The van der Waals surface area contributed by atoms with Gasteiger partial charge in [-0.05, 0) is 41.7 Å². The van der Waals surface area contributed by atoms with Gasteiger partial charge in [0, 0.05) is 27.9 Å². The lowest BCUT2D eigenvalue weighted by atomic mass is 9.54. The molecule has 0 radical (unpaired) electrons. The molecule has 7 nitrogen and oxygen atoms in total. The summed E-state index contributed by atoms with van der Waals surface area (Å²) in [6.45, 7) is 3.61. The van der Waals surface area contributed by atoms with Gasteiger partial charge in [-0.2, -0.15) is 0 Å². The van der Waals surface area contributed by atoms with E-state index in [1.54, 1.807) is 56.3 Å². The number of rotatable bonds is 9. The fraction of sp³-hybridized carbons (Fsp3) is 0.375. The van der Waals surface area contributed by atoms with Crippen molar-refractivity contribution in [3.63, 3.8) is 0 Å². The lowest BCUT2D eigenvalue weighted by molar-refractivity contribution is -0.164. The van der Waals surface area contributed by atoms with E-state index >= 15 is 0 Å². The average molecular weight is 494 g/mol. The van der Waals surface area contributed by atoms with Crippen LogP contribution in [-0.2, 0) is 27.4 Å². The van der Waals surface area contributed by atoms with Crippen molar-refractivity contribution in [1.29, 1.82) is 0 Å². The van der Waals surface area contributed by atoms with Gasteiger partial charge in [-0.25, -0.2) is 4.79 Å². The topological polar surface area (TPSA) is 113 Å². The Balaban J connectivity index is 1.59. The van der Waals surface area contributed by atoms with Gasteiger partial charge in [-0.3, -0.25) is 9.59 Å². The number of aliphatic carboxylic acids is 2. The molecule has 1 amide bonds. The third kappa shape index (κ3) is 5.60. The first-order valence-corrected chi connectivity index (χ1v) is 11.2. The quantitative estimate of drug-likeness (QED) is 0.476. The Bertz CT molecular complexity index is 1030. The minimum atomic E-state index is -1.16. The molecule has 176 valence electrons. The highest BCUT2D eigenvalue weighted by Crippen LogP contribution is 2.51. The van der Waals surface area contributed by atoms with Crippen LogP contribution < -0.4 is 10.1 Å². The van der Waals surface area contributed by atoms with E-state index in [4.69, 9.17) is 27.9 Å². The van der Waals surface area contributed by atoms with Crippen LogP contribution in [0, 0.1) is 17.3 Å². The van der Waals surface area contributed by atoms with Gasteiger partial charge in [0.2, 0.25) is 5.91 Å². The molecule has 1 aliphatic rings. The predicted octanol–water partition coefficient (Wildman–Crippen LogP) is 4.43. The van der Waals surface area contributed by atoms with Crippen LogP contribution in [0.4, 0.5) is 0 Å². The zero-order valence-corrected chi connectivity index (χ0v) is 19.7. The monoisotopic (exact) mass is 493 g/mol. The SMILES string of the molecule is CC1(C)C(C(=O)O)CC1C(=O)N[C@@H](Cc1ccc(OCc2c(Cl)cccc2Cl)cc1)C(=O)O. The molecule has 0 aliphatic heterocycles. The maximum Gasteiger partial charge on any atom is 0.326 e. The molecule has 1 saturated carbocycles. The predicted molar refractivity (Wildman–Crippen MR) is 124 cm³/mol. The second-order valence-electron chi connectivity index (χ2n) is 8.74. The number of benzene rings is 2. The molecule has 0 heterocycles. The molecular weight excluding hydrogens is 469 g/mol. The highest BCUT2D eigenvalue weighted by Gasteiger charge is 2.55. The fourth-order valence-electron chi connectivity index (χ4n) is 4.05. The smallest absolute Gasteiger partial charge is 0.326 e. The Morgan fingerprint density at radius 1 is 1.06 bits per heavy atom. The molecule has 0 bridgehead atoms. The summed E-state index contributed by atoms with van der Waals surface area (Å²) >= 11 is 12.3. The highest BCUT2D eigenvalue weighted by atomic mass is 35.5. The van der Waals surface area contributed by atoms with Gasteiger partial charge in [-0.1, -0.05) is 55.2 Å². The molecule has 9 heteroatoms. The Hall–Kier alpha value is -2.77. The van der Waals surface area contributed by atoms with Crippen LogP contribution >= 0.6 is 23.2 Å². The van der Waals surface area contributed by atoms with Gasteiger partial charge < -0.3 is 20.3 Å². The number of amides is 1. The van der Waals surface area contributed by atoms with E-state index in [9.17, 15) is 24.6 Å². The first kappa shape index (κ1) is 24.9. The van der Waals surface area contributed by atoms with E-state index in [2.05, 4.69) is 5.32 Å². The van der Waals surface area contributed by atoms with Crippen molar-refractivity contribution >= 4 is 41.0 Å². The third-order valence-corrected chi connectivity index (χ3v) is 7.01. The molecule has 3 N–H and O–H groups in total. The molecule has 2 aromatic carbocycles. The number of carbonyl (C=O) groups is 3. The fourth-order valence-corrected chi connectivity index (χ4v) is 4.55. The van der Waals surface area contributed by atoms with Crippen LogP contribution in [0.3, 0.4) is 0 Å². The molecule has 0 aromatic heterocycles. The first-order chi connectivity index (χ1) is 15.5. The Labute approximate surface area is 201 Å². The lowest BCUT2D eigenvalue weighted by Gasteiger charge is -2.48. The summed E-state index contributed by atoms with van der Waals surface area (Å²) in [5.41, 5.74) is 0.632. The average Bonchev–Trinajstić information content (AvgIpc) is 2.73. The zero-order valence-electron chi connectivity index (χ0n) is 18.2. The molecule has 2 aromatic rings. The summed E-state index contributed by atoms with van der Waals surface area (Å²) in [4.78, 5) is 35.6. The first-order valence-electron chi connectivity index (χ1n) is 10.4. The van der Waals surface area contributed by atoms with Crippen LogP contribution in [0.25, 0.3) is 0 Å². The van der Waals surface area contributed by atoms with Crippen molar-refractivity contribution in [2.24, 2.45) is 17.3 Å². The molecule has 1 fully saturated rings. The highest BCUT2D eigenvalue weighted by molar-refractivity contribution is 6.35. The molecular formula is C24H25Cl2NO6. The van der Waals surface area contributed by atoms with Crippen LogP contribution in [-0.4, -0.2) is 34.1 Å². The van der Waals surface area contributed by atoms with E-state index < -0.39 is 41.1 Å². The number of hydrogen-bond acceptors (Lipinski definition) is 4. The van der Waals surface area contributed by atoms with Crippen LogP contribution in [0.15, 0.2) is 42.5 Å². The Morgan fingerprint density at radius 3 is 2.18 bits per heavy atom. The molecule has 3 rings (SSSR count). The van der Waals surface area contributed by atoms with Crippen molar-refractivity contribution in [3.05, 3.63) is 63.6 Å². The zero-order chi connectivity index (χ0) is 24.3. The van der Waals surface area contributed by atoms with Gasteiger partial charge >= 0.3 is 11.9 Å². The maximum absolute atomic E-state index is 12.6. The number of halogens is 2. The molecule has 0 saturated heterocycles. The summed E-state index contributed by atoms with van der Waals surface area (Å²) in [6, 6.07) is 10.9. The number of hydrogen-bond donors (Lipinski definition) is 3. The summed E-state index contributed by atoms with van der Waals surface area (Å²) < 4.78 is 5.73. The minimum Gasteiger partial charge on any atom is -0.489 e. The van der Waals surface area contributed by atoms with Gasteiger partial charge in [-0.15, -0.1) is 0 Å². The standard InChI is InChI=1S/C24H25Cl2NO6/c1-24(2)16(11-17(24)22(29)30)21(28)27-20(23(31)32)10-13-6-8-14(9-7-13)33-12-15-18(25)4-3-5-19(15)26/h3-9,16-17,20H,10-12H2,1-2H3,(H,27,28)(H,29,30)(H,31,32)/t16?,17?,20-/m0/s1. The maximum atomic E-state index is 12.6. The van der Waals surface area contributed by atoms with E-state index in [0.717, 1.165) is 0 Å².